The molecule has 0 aliphatic carbocycles. The van der Waals surface area contributed by atoms with E-state index in [0.717, 1.165) is 32.1 Å². The van der Waals surface area contributed by atoms with Gasteiger partial charge in [-0.3, -0.25) is 0 Å². The van der Waals surface area contributed by atoms with E-state index in [-0.39, 0.29) is 0 Å². The number of benzene rings is 2. The number of hydrogen-bond acceptors (Lipinski definition) is 2. The molecule has 1 aliphatic rings. The third-order valence-electron chi connectivity index (χ3n) is 5.35. The molecule has 0 unspecified atom stereocenters. The average molecular weight is 388 g/mol. The molecule has 5 heteroatoms. The number of guanidine groups is 1. The molecule has 1 aromatic heterocycles. The second-order valence-electron chi connectivity index (χ2n) is 7.45. The second kappa shape index (κ2) is 9.41. The van der Waals surface area contributed by atoms with Gasteiger partial charge in [0.05, 0.1) is 12.9 Å². The first kappa shape index (κ1) is 19.2. The zero-order valence-corrected chi connectivity index (χ0v) is 17.1. The van der Waals surface area contributed by atoms with E-state index in [1.165, 1.54) is 35.1 Å². The highest BCUT2D eigenvalue weighted by atomic mass is 15.3. The average Bonchev–Trinajstić information content (AvgIpc) is 3.46. The topological polar surface area (TPSA) is 45.5 Å². The summed E-state index contributed by atoms with van der Waals surface area (Å²) in [5, 5.41) is 3.45. The fourth-order valence-corrected chi connectivity index (χ4v) is 3.84. The second-order valence-corrected chi connectivity index (χ2v) is 7.45. The van der Waals surface area contributed by atoms with E-state index in [1.807, 2.05) is 18.7 Å². The van der Waals surface area contributed by atoms with E-state index in [9.17, 15) is 0 Å². The van der Waals surface area contributed by atoms with Crippen molar-refractivity contribution in [3.8, 4) is 11.1 Å². The summed E-state index contributed by atoms with van der Waals surface area (Å²) in [7, 11) is 0. The zero-order chi connectivity index (χ0) is 19.9. The van der Waals surface area contributed by atoms with Crippen LogP contribution in [0.3, 0.4) is 0 Å². The van der Waals surface area contributed by atoms with E-state index in [4.69, 9.17) is 4.99 Å². The highest BCUT2D eigenvalue weighted by Gasteiger charge is 2.15. The van der Waals surface area contributed by atoms with Gasteiger partial charge >= 0.3 is 0 Å². The van der Waals surface area contributed by atoms with Crippen LogP contribution in [0.4, 0.5) is 0 Å². The number of imidazole rings is 1. The predicted molar refractivity (Wildman–Crippen MR) is 119 cm³/mol. The van der Waals surface area contributed by atoms with E-state index >= 15 is 0 Å². The molecule has 1 saturated heterocycles. The lowest BCUT2D eigenvalue weighted by atomic mass is 9.98. The smallest absolute Gasteiger partial charge is 0.194 e. The Balaban J connectivity index is 1.52. The van der Waals surface area contributed by atoms with Crippen LogP contribution in [0.15, 0.2) is 72.2 Å². The van der Waals surface area contributed by atoms with Crippen molar-refractivity contribution in [2.75, 3.05) is 19.6 Å². The van der Waals surface area contributed by atoms with Crippen LogP contribution in [0.25, 0.3) is 11.1 Å². The Morgan fingerprint density at radius 3 is 2.59 bits per heavy atom. The molecule has 29 heavy (non-hydrogen) atoms. The first-order valence-corrected chi connectivity index (χ1v) is 10.5. The first-order valence-electron chi connectivity index (χ1n) is 10.5. The van der Waals surface area contributed by atoms with Crippen LogP contribution in [-0.4, -0.2) is 40.0 Å². The Bertz CT molecular complexity index is 922. The number of nitrogens with zero attached hydrogens (tertiary/aromatic N) is 4. The molecule has 5 nitrogen and oxygen atoms in total. The van der Waals surface area contributed by atoms with Crippen LogP contribution in [0, 0.1) is 0 Å². The van der Waals surface area contributed by atoms with Gasteiger partial charge in [-0.15, -0.1) is 0 Å². The maximum Gasteiger partial charge on any atom is 0.194 e. The van der Waals surface area contributed by atoms with Crippen molar-refractivity contribution in [3.05, 3.63) is 78.4 Å². The molecule has 3 aromatic rings. The summed E-state index contributed by atoms with van der Waals surface area (Å²) in [4.78, 5) is 11.4. The molecule has 0 bridgehead atoms. The summed E-state index contributed by atoms with van der Waals surface area (Å²) < 4.78 is 2.08. The minimum absolute atomic E-state index is 0.686. The van der Waals surface area contributed by atoms with Crippen LogP contribution >= 0.6 is 0 Å². The van der Waals surface area contributed by atoms with E-state index < -0.39 is 0 Å². The van der Waals surface area contributed by atoms with Gasteiger partial charge in [0.15, 0.2) is 5.96 Å². The quantitative estimate of drug-likeness (QED) is 0.510. The molecule has 0 spiro atoms. The van der Waals surface area contributed by atoms with Crippen molar-refractivity contribution in [1.29, 1.82) is 0 Å². The largest absolute Gasteiger partial charge is 0.357 e. The summed E-state index contributed by atoms with van der Waals surface area (Å²) in [5.41, 5.74) is 5.01. The fourth-order valence-electron chi connectivity index (χ4n) is 3.84. The monoisotopic (exact) mass is 387 g/mol. The molecule has 0 atom stereocenters. The molecule has 1 aliphatic heterocycles. The van der Waals surface area contributed by atoms with E-state index in [1.54, 1.807) is 0 Å². The molecule has 2 heterocycles. The highest BCUT2D eigenvalue weighted by Crippen LogP contribution is 2.25. The molecule has 150 valence electrons. The van der Waals surface area contributed by atoms with Gasteiger partial charge in [-0.1, -0.05) is 48.5 Å². The Labute approximate surface area is 173 Å². The summed E-state index contributed by atoms with van der Waals surface area (Å²) in [6, 6.07) is 17.4. The maximum absolute atomic E-state index is 4.94. The molecule has 2 aromatic carbocycles. The van der Waals surface area contributed by atoms with E-state index in [0.29, 0.717) is 6.54 Å². The molecule has 0 saturated carbocycles. The summed E-state index contributed by atoms with van der Waals surface area (Å²) in [6.45, 7) is 6.76. The molecule has 1 N–H and O–H groups in total. The fraction of sp³-hybridized carbons (Fsp3) is 0.333. The number of rotatable bonds is 6. The van der Waals surface area contributed by atoms with Crippen molar-refractivity contribution in [2.24, 2.45) is 4.99 Å². The predicted octanol–water partition coefficient (Wildman–Crippen LogP) is 4.16. The summed E-state index contributed by atoms with van der Waals surface area (Å²) in [5.74, 6) is 1.04. The van der Waals surface area contributed by atoms with Crippen molar-refractivity contribution >= 4 is 5.96 Å². The van der Waals surface area contributed by atoms with Gasteiger partial charge in [0.25, 0.3) is 0 Å². The van der Waals surface area contributed by atoms with Gasteiger partial charge in [0.2, 0.25) is 0 Å². The number of aliphatic imine (C=N–C) groups is 1. The number of hydrogen-bond donors (Lipinski definition) is 1. The summed E-state index contributed by atoms with van der Waals surface area (Å²) in [6.07, 6.45) is 8.17. The van der Waals surface area contributed by atoms with Gasteiger partial charge in [-0.25, -0.2) is 9.98 Å². The first-order chi connectivity index (χ1) is 14.3. The SMILES string of the molecule is CCNC(=NCc1ccccc1-c1ccc(Cn2ccnc2)cc1)N1CCCC1. The number of likely N-dealkylation sites (tertiary alicyclic amines) is 1. The Morgan fingerprint density at radius 2 is 1.86 bits per heavy atom. The zero-order valence-electron chi connectivity index (χ0n) is 17.1. The number of nitrogens with one attached hydrogen (secondary N) is 1. The van der Waals surface area contributed by atoms with E-state index in [2.05, 4.69) is 75.2 Å². The molecule has 0 radical (unpaired) electrons. The van der Waals surface area contributed by atoms with Gasteiger partial charge in [-0.05, 0) is 42.0 Å². The minimum Gasteiger partial charge on any atom is -0.357 e. The number of aromatic nitrogens is 2. The van der Waals surface area contributed by atoms with Gasteiger partial charge in [0.1, 0.15) is 0 Å². The van der Waals surface area contributed by atoms with Crippen LogP contribution in [-0.2, 0) is 13.1 Å². The van der Waals surface area contributed by atoms with Crippen molar-refractivity contribution < 1.29 is 0 Å². The summed E-state index contributed by atoms with van der Waals surface area (Å²) >= 11 is 0. The van der Waals surface area contributed by atoms with Crippen molar-refractivity contribution in [3.63, 3.8) is 0 Å². The van der Waals surface area contributed by atoms with Crippen LogP contribution < -0.4 is 5.32 Å². The Morgan fingerprint density at radius 1 is 1.07 bits per heavy atom. The van der Waals surface area contributed by atoms with Crippen molar-refractivity contribution in [2.45, 2.75) is 32.9 Å². The molecular formula is C24H29N5. The molecule has 0 amide bonds. The van der Waals surface area contributed by atoms with Gasteiger partial charge in [-0.2, -0.15) is 0 Å². The van der Waals surface area contributed by atoms with Crippen LogP contribution in [0.1, 0.15) is 30.9 Å². The highest BCUT2D eigenvalue weighted by molar-refractivity contribution is 5.80. The lowest BCUT2D eigenvalue weighted by Gasteiger charge is -2.21. The van der Waals surface area contributed by atoms with Gasteiger partial charge in [0, 0.05) is 38.6 Å². The third kappa shape index (κ3) is 4.86. The minimum atomic E-state index is 0.686. The van der Waals surface area contributed by atoms with Gasteiger partial charge < -0.3 is 14.8 Å². The van der Waals surface area contributed by atoms with Crippen molar-refractivity contribution in [1.82, 2.24) is 19.8 Å². The lowest BCUT2D eigenvalue weighted by molar-refractivity contribution is 0.493. The van der Waals surface area contributed by atoms with Crippen LogP contribution in [0.5, 0.6) is 0 Å². The standard InChI is InChI=1S/C24H29N5/c1-2-26-24(29-14-5-6-15-29)27-17-22-7-3-4-8-23(22)21-11-9-20(10-12-21)18-28-16-13-25-19-28/h3-4,7-13,16,19H,2,5-6,14-15,17-18H2,1H3,(H,26,27). The Kier molecular flexibility index (Phi) is 6.25. The third-order valence-corrected chi connectivity index (χ3v) is 5.35. The Hall–Kier alpha value is -3.08. The molecule has 4 rings (SSSR count). The lowest BCUT2D eigenvalue weighted by Crippen LogP contribution is -2.39. The normalized spacial score (nSPS) is 14.4. The molecule has 1 fully saturated rings. The van der Waals surface area contributed by atoms with Crippen LogP contribution in [0.2, 0.25) is 0 Å². The maximum atomic E-state index is 4.94. The molecular weight excluding hydrogens is 358 g/mol.